The van der Waals surface area contributed by atoms with Gasteiger partial charge in [0.25, 0.3) is 5.91 Å². The average Bonchev–Trinajstić information content (AvgIpc) is 3.64. The Morgan fingerprint density at radius 1 is 0.956 bits per heavy atom. The maximum Gasteiger partial charge on any atom is 0.255 e. The van der Waals surface area contributed by atoms with E-state index in [1.54, 1.807) is 42.6 Å². The smallest absolute Gasteiger partial charge is 0.255 e. The zero-order chi connectivity index (χ0) is 32.0. The number of halogens is 1. The highest BCUT2D eigenvalue weighted by Crippen LogP contribution is 2.46. The predicted molar refractivity (Wildman–Crippen MR) is 168 cm³/mol. The lowest BCUT2D eigenvalue weighted by Gasteiger charge is -2.22. The lowest BCUT2D eigenvalue weighted by Crippen LogP contribution is -2.25. The third-order valence-electron chi connectivity index (χ3n) is 7.39. The predicted octanol–water partition coefficient (Wildman–Crippen LogP) is 5.88. The van der Waals surface area contributed by atoms with Crippen LogP contribution in [-0.4, -0.2) is 58.9 Å². The first-order valence-electron chi connectivity index (χ1n) is 13.5. The maximum absolute atomic E-state index is 13.8. The molecule has 0 fully saturated rings. The van der Waals surface area contributed by atoms with Crippen LogP contribution in [0.3, 0.4) is 0 Å². The maximum atomic E-state index is 13.8. The number of carbonyl (C=O) groups is 1. The van der Waals surface area contributed by atoms with Gasteiger partial charge >= 0.3 is 0 Å². The number of furan rings is 1. The molecule has 0 saturated heterocycles. The van der Waals surface area contributed by atoms with Crippen LogP contribution in [0, 0.1) is 5.82 Å². The van der Waals surface area contributed by atoms with Crippen LogP contribution in [0.5, 0.6) is 11.5 Å². The van der Waals surface area contributed by atoms with Crippen LogP contribution in [0.15, 0.2) is 75.7 Å². The molecule has 1 amide bonds. The number of nitrogens with zero attached hydrogens (tertiary/aromatic N) is 3. The van der Waals surface area contributed by atoms with Gasteiger partial charge in [-0.1, -0.05) is 0 Å². The highest BCUT2D eigenvalue weighted by Gasteiger charge is 2.27. The molecular weight excluding hydrogens is 603 g/mol. The van der Waals surface area contributed by atoms with Crippen molar-refractivity contribution < 1.29 is 35.9 Å². The summed E-state index contributed by atoms with van der Waals surface area (Å²) >= 11 is 0. The lowest BCUT2D eigenvalue weighted by molar-refractivity contribution is 0.0964. The van der Waals surface area contributed by atoms with E-state index >= 15 is 0 Å². The van der Waals surface area contributed by atoms with E-state index in [1.165, 1.54) is 52.6 Å². The summed E-state index contributed by atoms with van der Waals surface area (Å²) in [5, 5.41) is 3.04. The highest BCUT2D eigenvalue weighted by molar-refractivity contribution is 7.92. The number of hydrogen-bond donors (Lipinski definition) is 1. The van der Waals surface area contributed by atoms with Gasteiger partial charge in [0.1, 0.15) is 17.2 Å². The Morgan fingerprint density at radius 3 is 2.36 bits per heavy atom. The first kappa shape index (κ1) is 29.6. The number of ether oxygens (including phenoxy) is 2. The molecule has 3 aromatic carbocycles. The number of benzene rings is 3. The number of sulfonamides is 1. The summed E-state index contributed by atoms with van der Waals surface area (Å²) in [5.41, 5.74) is 3.34. The largest absolute Gasteiger partial charge is 0.493 e. The second kappa shape index (κ2) is 11.2. The van der Waals surface area contributed by atoms with Gasteiger partial charge in [-0.25, -0.2) is 17.8 Å². The Morgan fingerprint density at radius 2 is 1.71 bits per heavy atom. The van der Waals surface area contributed by atoms with Gasteiger partial charge in [-0.2, -0.15) is 4.98 Å². The molecule has 0 saturated carbocycles. The molecular formula is C32H27FN4O7S. The van der Waals surface area contributed by atoms with Crippen LogP contribution < -0.4 is 19.1 Å². The monoisotopic (exact) mass is 630 g/mol. The van der Waals surface area contributed by atoms with Gasteiger partial charge < -0.3 is 23.6 Å². The van der Waals surface area contributed by atoms with E-state index in [2.05, 4.69) is 15.3 Å². The van der Waals surface area contributed by atoms with E-state index in [1.807, 2.05) is 0 Å². The van der Waals surface area contributed by atoms with Crippen LogP contribution in [0.4, 0.5) is 10.1 Å². The summed E-state index contributed by atoms with van der Waals surface area (Å²) in [4.78, 5) is 22.0. The molecule has 0 atom stereocenters. The summed E-state index contributed by atoms with van der Waals surface area (Å²) in [5.74, 6) is 0.151. The molecule has 0 unspecified atom stereocenters. The summed E-state index contributed by atoms with van der Waals surface area (Å²) in [6, 6.07) is 15.6. The zero-order valence-corrected chi connectivity index (χ0v) is 25.7. The topological polar surface area (TPSA) is 137 Å². The van der Waals surface area contributed by atoms with E-state index < -0.39 is 21.7 Å². The van der Waals surface area contributed by atoms with Crippen molar-refractivity contribution in [1.82, 2.24) is 15.3 Å². The van der Waals surface area contributed by atoms with E-state index in [4.69, 9.17) is 18.3 Å². The number of amides is 1. The number of anilines is 1. The van der Waals surface area contributed by atoms with Crippen LogP contribution >= 0.6 is 0 Å². The second-order valence-corrected chi connectivity index (χ2v) is 12.1. The summed E-state index contributed by atoms with van der Waals surface area (Å²) in [6.07, 6.45) is 2.68. The Kier molecular flexibility index (Phi) is 7.41. The minimum Gasteiger partial charge on any atom is -0.493 e. The van der Waals surface area contributed by atoms with Gasteiger partial charge in [0.2, 0.25) is 15.9 Å². The number of nitrogens with one attached hydrogen (secondary N) is 1. The van der Waals surface area contributed by atoms with E-state index in [-0.39, 0.29) is 28.5 Å². The van der Waals surface area contributed by atoms with Crippen molar-refractivity contribution in [2.24, 2.45) is 0 Å². The number of hydrogen-bond acceptors (Lipinski definition) is 9. The normalized spacial score (nSPS) is 11.6. The number of oxazole rings is 1. The third kappa shape index (κ3) is 5.20. The van der Waals surface area contributed by atoms with Gasteiger partial charge in [-0.3, -0.25) is 9.10 Å². The molecule has 11 nitrogen and oxygen atoms in total. The molecule has 6 aromatic rings. The van der Waals surface area contributed by atoms with Crippen molar-refractivity contribution >= 4 is 43.8 Å². The van der Waals surface area contributed by atoms with Crippen molar-refractivity contribution in [3.05, 3.63) is 78.2 Å². The van der Waals surface area contributed by atoms with Gasteiger partial charge in [0, 0.05) is 42.9 Å². The third-order valence-corrected chi connectivity index (χ3v) is 8.58. The molecule has 45 heavy (non-hydrogen) atoms. The minimum atomic E-state index is -3.77. The number of carbonyl (C=O) groups excluding carboxylic acids is 1. The standard InChI is InChI=1S/C32H27FN4O7S/c1-34-31(38)27-21-15-20(23(37(2)45(5,39)40)16-25(21)43-28(27)17-8-10-19(33)11-9-17)18-13-22(29(42-4)26(14-18)41-3)32-36-30-24(44-32)7-6-12-35-30/h6-16H,1-5H3,(H,34,38). The molecule has 0 aliphatic carbocycles. The average molecular weight is 631 g/mol. The molecule has 230 valence electrons. The number of pyridine rings is 1. The lowest BCUT2D eigenvalue weighted by atomic mass is 9.96. The molecule has 13 heteroatoms. The Bertz CT molecular complexity index is 2180. The summed E-state index contributed by atoms with van der Waals surface area (Å²) in [7, 11) is 2.08. The first-order chi connectivity index (χ1) is 21.5. The highest BCUT2D eigenvalue weighted by atomic mass is 32.2. The summed E-state index contributed by atoms with van der Waals surface area (Å²) in [6.45, 7) is 0. The van der Waals surface area contributed by atoms with Crippen molar-refractivity contribution in [1.29, 1.82) is 0 Å². The first-order valence-corrected chi connectivity index (χ1v) is 15.4. The molecule has 6 rings (SSSR count). The minimum absolute atomic E-state index is 0.194. The molecule has 1 N–H and O–H groups in total. The number of rotatable bonds is 8. The quantitative estimate of drug-likeness (QED) is 0.219. The van der Waals surface area contributed by atoms with Gasteiger partial charge in [-0.15, -0.1) is 0 Å². The Balaban J connectivity index is 1.68. The zero-order valence-electron chi connectivity index (χ0n) is 24.8. The summed E-state index contributed by atoms with van der Waals surface area (Å²) < 4.78 is 64.1. The number of fused-ring (bicyclic) bond motifs is 2. The van der Waals surface area contributed by atoms with Crippen LogP contribution in [0.25, 0.3) is 56.1 Å². The fourth-order valence-corrected chi connectivity index (χ4v) is 5.63. The molecule has 0 bridgehead atoms. The second-order valence-electron chi connectivity index (χ2n) is 10.1. The van der Waals surface area contributed by atoms with Crippen molar-refractivity contribution in [3.63, 3.8) is 0 Å². The van der Waals surface area contributed by atoms with E-state index in [0.29, 0.717) is 50.4 Å². The SMILES string of the molecule is CNC(=O)c1c(-c2ccc(F)cc2)oc2cc(N(C)S(C)(=O)=O)c(-c3cc(OC)c(OC)c(-c4nc5ncccc5o4)c3)cc12. The van der Waals surface area contributed by atoms with Gasteiger partial charge in [-0.05, 0) is 60.2 Å². The molecule has 0 aliphatic heterocycles. The van der Waals surface area contributed by atoms with E-state index in [9.17, 15) is 17.6 Å². The van der Waals surface area contributed by atoms with Crippen molar-refractivity contribution in [3.8, 4) is 45.4 Å². The Hall–Kier alpha value is -5.43. The van der Waals surface area contributed by atoms with Crippen LogP contribution in [0.2, 0.25) is 0 Å². The fourth-order valence-electron chi connectivity index (χ4n) is 5.12. The molecule has 0 spiro atoms. The number of methoxy groups -OCH3 is 2. The number of aromatic nitrogens is 2. The van der Waals surface area contributed by atoms with E-state index in [0.717, 1.165) is 10.6 Å². The van der Waals surface area contributed by atoms with Crippen LogP contribution in [0.1, 0.15) is 10.4 Å². The van der Waals surface area contributed by atoms with Gasteiger partial charge in [0.05, 0.1) is 37.3 Å². The van der Waals surface area contributed by atoms with Crippen LogP contribution in [-0.2, 0) is 10.0 Å². The van der Waals surface area contributed by atoms with Crippen molar-refractivity contribution in [2.45, 2.75) is 0 Å². The van der Waals surface area contributed by atoms with Gasteiger partial charge in [0.15, 0.2) is 22.7 Å². The molecule has 0 aliphatic rings. The Labute approximate surface area is 257 Å². The molecule has 0 radical (unpaired) electrons. The molecule has 3 aromatic heterocycles. The molecule has 3 heterocycles. The van der Waals surface area contributed by atoms with Crippen molar-refractivity contribution in [2.75, 3.05) is 38.9 Å². The fraction of sp³-hybridized carbons (Fsp3) is 0.156.